The van der Waals surface area contributed by atoms with Crippen molar-refractivity contribution in [3.05, 3.63) is 53.1 Å². The molecule has 1 aromatic heterocycles. The third-order valence-corrected chi connectivity index (χ3v) is 2.95. The summed E-state index contributed by atoms with van der Waals surface area (Å²) in [6.07, 6.45) is 3.17. The SMILES string of the molecule is Cc1cc(F)c(NC(C)c2nccnc2C)cc1F. The van der Waals surface area contributed by atoms with Gasteiger partial charge >= 0.3 is 0 Å². The normalized spacial score (nSPS) is 12.3. The van der Waals surface area contributed by atoms with Crippen LogP contribution >= 0.6 is 0 Å². The predicted octanol–water partition coefficient (Wildman–Crippen LogP) is 3.54. The summed E-state index contributed by atoms with van der Waals surface area (Å²) >= 11 is 0. The highest BCUT2D eigenvalue weighted by Crippen LogP contribution is 2.24. The van der Waals surface area contributed by atoms with Crippen LogP contribution in [0.3, 0.4) is 0 Å². The summed E-state index contributed by atoms with van der Waals surface area (Å²) in [6, 6.07) is 2.08. The van der Waals surface area contributed by atoms with Gasteiger partial charge in [0.15, 0.2) is 0 Å². The van der Waals surface area contributed by atoms with Gasteiger partial charge in [0, 0.05) is 18.5 Å². The Kier molecular flexibility index (Phi) is 3.74. The summed E-state index contributed by atoms with van der Waals surface area (Å²) in [5, 5.41) is 2.92. The van der Waals surface area contributed by atoms with Crippen LogP contribution in [0.2, 0.25) is 0 Å². The third kappa shape index (κ3) is 2.86. The molecular weight excluding hydrogens is 248 g/mol. The summed E-state index contributed by atoms with van der Waals surface area (Å²) < 4.78 is 27.2. The summed E-state index contributed by atoms with van der Waals surface area (Å²) in [5.74, 6) is -0.917. The van der Waals surface area contributed by atoms with Crippen molar-refractivity contribution in [2.45, 2.75) is 26.8 Å². The molecule has 1 aromatic carbocycles. The number of aromatic nitrogens is 2. The highest BCUT2D eigenvalue weighted by Gasteiger charge is 2.14. The van der Waals surface area contributed by atoms with Crippen LogP contribution in [0.5, 0.6) is 0 Å². The van der Waals surface area contributed by atoms with E-state index in [1.807, 2.05) is 13.8 Å². The van der Waals surface area contributed by atoms with E-state index in [1.54, 1.807) is 12.4 Å². The molecule has 2 aromatic rings. The minimum absolute atomic E-state index is 0.126. The van der Waals surface area contributed by atoms with Crippen LogP contribution in [0.4, 0.5) is 14.5 Å². The molecule has 0 amide bonds. The second-order valence-electron chi connectivity index (χ2n) is 4.47. The van der Waals surface area contributed by atoms with Gasteiger partial charge < -0.3 is 5.32 Å². The average Bonchev–Trinajstić information content (AvgIpc) is 2.36. The largest absolute Gasteiger partial charge is 0.374 e. The van der Waals surface area contributed by atoms with Crippen molar-refractivity contribution in [1.82, 2.24) is 9.97 Å². The van der Waals surface area contributed by atoms with Gasteiger partial charge in [0.25, 0.3) is 0 Å². The summed E-state index contributed by atoms with van der Waals surface area (Å²) in [5.41, 5.74) is 1.88. The molecule has 1 atom stereocenters. The summed E-state index contributed by atoms with van der Waals surface area (Å²) in [6.45, 7) is 5.18. The first kappa shape index (κ1) is 13.4. The fourth-order valence-corrected chi connectivity index (χ4v) is 1.90. The Morgan fingerprint density at radius 1 is 1.05 bits per heavy atom. The number of hydrogen-bond donors (Lipinski definition) is 1. The predicted molar refractivity (Wildman–Crippen MR) is 69.9 cm³/mol. The summed E-state index contributed by atoms with van der Waals surface area (Å²) in [7, 11) is 0. The van der Waals surface area contributed by atoms with Crippen LogP contribution < -0.4 is 5.32 Å². The number of halogens is 2. The molecule has 3 nitrogen and oxygen atoms in total. The molecule has 0 saturated carbocycles. The number of nitrogens with one attached hydrogen (secondary N) is 1. The average molecular weight is 263 g/mol. The Morgan fingerprint density at radius 3 is 2.42 bits per heavy atom. The van der Waals surface area contributed by atoms with Gasteiger partial charge in [0.2, 0.25) is 0 Å². The number of anilines is 1. The molecule has 0 aliphatic carbocycles. The molecule has 0 spiro atoms. The van der Waals surface area contributed by atoms with Crippen molar-refractivity contribution >= 4 is 5.69 Å². The molecule has 1 unspecified atom stereocenters. The van der Waals surface area contributed by atoms with Gasteiger partial charge in [-0.2, -0.15) is 0 Å². The molecule has 2 rings (SSSR count). The van der Waals surface area contributed by atoms with Gasteiger partial charge in [-0.05, 0) is 32.4 Å². The Balaban J connectivity index is 2.27. The number of benzene rings is 1. The van der Waals surface area contributed by atoms with Crippen LogP contribution in [-0.2, 0) is 0 Å². The standard InChI is InChI=1S/C14H15F2N3/c1-8-6-12(16)13(7-11(8)15)19-10(3)14-9(2)17-4-5-18-14/h4-7,10,19H,1-3H3. The molecule has 5 heteroatoms. The lowest BCUT2D eigenvalue weighted by Gasteiger charge is -2.17. The molecule has 19 heavy (non-hydrogen) atoms. The molecule has 0 aliphatic rings. The summed E-state index contributed by atoms with van der Waals surface area (Å²) in [4.78, 5) is 8.33. The number of rotatable bonds is 3. The molecule has 0 aliphatic heterocycles. The second-order valence-corrected chi connectivity index (χ2v) is 4.47. The first-order valence-corrected chi connectivity index (χ1v) is 5.98. The van der Waals surface area contributed by atoms with Crippen LogP contribution in [0.25, 0.3) is 0 Å². The van der Waals surface area contributed by atoms with Gasteiger partial charge in [-0.1, -0.05) is 0 Å². The minimum atomic E-state index is -0.479. The Morgan fingerprint density at radius 2 is 1.74 bits per heavy atom. The lowest BCUT2D eigenvalue weighted by atomic mass is 10.1. The van der Waals surface area contributed by atoms with Gasteiger partial charge in [0.05, 0.1) is 23.1 Å². The van der Waals surface area contributed by atoms with Crippen molar-refractivity contribution in [3.63, 3.8) is 0 Å². The van der Waals surface area contributed by atoms with E-state index in [2.05, 4.69) is 15.3 Å². The van der Waals surface area contributed by atoms with Crippen molar-refractivity contribution in [2.24, 2.45) is 0 Å². The number of hydrogen-bond acceptors (Lipinski definition) is 3. The topological polar surface area (TPSA) is 37.8 Å². The van der Waals surface area contributed by atoms with E-state index in [-0.39, 0.29) is 17.3 Å². The smallest absolute Gasteiger partial charge is 0.146 e. The minimum Gasteiger partial charge on any atom is -0.374 e. The Labute approximate surface area is 110 Å². The van der Waals surface area contributed by atoms with Crippen LogP contribution in [0.1, 0.15) is 29.9 Å². The lowest BCUT2D eigenvalue weighted by molar-refractivity contribution is 0.592. The zero-order chi connectivity index (χ0) is 14.0. The zero-order valence-corrected chi connectivity index (χ0v) is 11.0. The third-order valence-electron chi connectivity index (χ3n) is 2.95. The number of aryl methyl sites for hydroxylation is 2. The Hall–Kier alpha value is -2.04. The maximum atomic E-state index is 13.7. The lowest BCUT2D eigenvalue weighted by Crippen LogP contribution is -2.12. The van der Waals surface area contributed by atoms with Crippen molar-refractivity contribution < 1.29 is 8.78 Å². The highest BCUT2D eigenvalue weighted by atomic mass is 19.1. The van der Waals surface area contributed by atoms with Gasteiger partial charge in [-0.15, -0.1) is 0 Å². The highest BCUT2D eigenvalue weighted by molar-refractivity contribution is 5.48. The van der Waals surface area contributed by atoms with Crippen LogP contribution in [0, 0.1) is 25.5 Å². The molecule has 0 bridgehead atoms. The first-order valence-electron chi connectivity index (χ1n) is 5.98. The number of nitrogens with zero attached hydrogens (tertiary/aromatic N) is 2. The fourth-order valence-electron chi connectivity index (χ4n) is 1.90. The molecule has 100 valence electrons. The molecular formula is C14H15F2N3. The van der Waals surface area contributed by atoms with Gasteiger partial charge in [-0.3, -0.25) is 9.97 Å². The van der Waals surface area contributed by atoms with E-state index in [0.717, 1.165) is 11.8 Å². The van der Waals surface area contributed by atoms with Gasteiger partial charge in [-0.25, -0.2) is 8.78 Å². The molecule has 1 N–H and O–H groups in total. The maximum Gasteiger partial charge on any atom is 0.146 e. The van der Waals surface area contributed by atoms with Crippen molar-refractivity contribution in [1.29, 1.82) is 0 Å². The first-order chi connectivity index (χ1) is 8.99. The monoisotopic (exact) mass is 263 g/mol. The fraction of sp³-hybridized carbons (Fsp3) is 0.286. The van der Waals surface area contributed by atoms with Crippen LogP contribution in [0.15, 0.2) is 24.5 Å². The van der Waals surface area contributed by atoms with Crippen molar-refractivity contribution in [3.8, 4) is 0 Å². The van der Waals surface area contributed by atoms with E-state index in [1.165, 1.54) is 13.0 Å². The second kappa shape index (κ2) is 5.30. The zero-order valence-electron chi connectivity index (χ0n) is 11.0. The van der Waals surface area contributed by atoms with E-state index in [4.69, 9.17) is 0 Å². The molecule has 0 radical (unpaired) electrons. The molecule has 0 fully saturated rings. The van der Waals surface area contributed by atoms with E-state index < -0.39 is 11.6 Å². The Bertz CT molecular complexity index is 599. The molecule has 1 heterocycles. The van der Waals surface area contributed by atoms with Crippen molar-refractivity contribution in [2.75, 3.05) is 5.32 Å². The van der Waals surface area contributed by atoms with E-state index >= 15 is 0 Å². The van der Waals surface area contributed by atoms with E-state index in [9.17, 15) is 8.78 Å². The van der Waals surface area contributed by atoms with Crippen LogP contribution in [-0.4, -0.2) is 9.97 Å². The van der Waals surface area contributed by atoms with E-state index in [0.29, 0.717) is 5.69 Å². The molecule has 0 saturated heterocycles. The van der Waals surface area contributed by atoms with Gasteiger partial charge in [0.1, 0.15) is 11.6 Å². The maximum absolute atomic E-state index is 13.7. The quantitative estimate of drug-likeness (QED) is 0.920.